The van der Waals surface area contributed by atoms with Crippen molar-refractivity contribution in [2.45, 2.75) is 0 Å². The number of hydrogen-bond donors (Lipinski definition) is 2. The first-order chi connectivity index (χ1) is 5.42. The average molecular weight is 165 g/mol. The first kappa shape index (κ1) is 6.64. The molecule has 0 fully saturated rings. The first-order valence-corrected chi connectivity index (χ1v) is 4.16. The summed E-state index contributed by atoms with van der Waals surface area (Å²) < 4.78 is 1.18. The van der Waals surface area contributed by atoms with Crippen LogP contribution < -0.4 is 5.48 Å². The zero-order chi connectivity index (χ0) is 7.68. The van der Waals surface area contributed by atoms with Gasteiger partial charge in [0.05, 0.1) is 5.69 Å². The summed E-state index contributed by atoms with van der Waals surface area (Å²) in [6.07, 6.45) is 0. The molecule has 11 heavy (non-hydrogen) atoms. The molecule has 56 valence electrons. The molecule has 0 aliphatic heterocycles. The third kappa shape index (κ3) is 0.982. The number of thiophene rings is 1. The Morgan fingerprint density at radius 1 is 1.27 bits per heavy atom. The van der Waals surface area contributed by atoms with Crippen LogP contribution in [0.2, 0.25) is 0 Å². The zero-order valence-corrected chi connectivity index (χ0v) is 6.56. The Balaban J connectivity index is 2.76. The molecule has 0 bridgehead atoms. The third-order valence-electron chi connectivity index (χ3n) is 1.60. The average Bonchev–Trinajstić information content (AvgIpc) is 2.47. The van der Waals surface area contributed by atoms with E-state index in [0.717, 1.165) is 11.1 Å². The summed E-state index contributed by atoms with van der Waals surface area (Å²) >= 11 is 1.62. The predicted octanol–water partition coefficient (Wildman–Crippen LogP) is 2.70. The number of rotatable bonds is 1. The SMILES string of the molecule is ONc1csc2ccccc12. The molecular formula is C8H7NOS. The summed E-state index contributed by atoms with van der Waals surface area (Å²) in [5, 5.41) is 11.6. The van der Waals surface area contributed by atoms with Crippen molar-refractivity contribution in [2.75, 3.05) is 5.48 Å². The molecule has 0 spiro atoms. The maximum atomic E-state index is 8.68. The lowest BCUT2D eigenvalue weighted by atomic mass is 10.2. The van der Waals surface area contributed by atoms with Crippen LogP contribution in [0.25, 0.3) is 10.1 Å². The molecule has 0 saturated heterocycles. The van der Waals surface area contributed by atoms with Crippen LogP contribution in [0.3, 0.4) is 0 Å². The van der Waals surface area contributed by atoms with Gasteiger partial charge in [-0.05, 0) is 6.07 Å². The highest BCUT2D eigenvalue weighted by molar-refractivity contribution is 7.17. The van der Waals surface area contributed by atoms with Crippen molar-refractivity contribution in [1.82, 2.24) is 0 Å². The van der Waals surface area contributed by atoms with Crippen LogP contribution in [-0.2, 0) is 0 Å². The molecule has 0 unspecified atom stereocenters. The van der Waals surface area contributed by atoms with Gasteiger partial charge in [-0.2, -0.15) is 0 Å². The molecule has 2 nitrogen and oxygen atoms in total. The Labute approximate surface area is 68.1 Å². The van der Waals surface area contributed by atoms with Crippen LogP contribution in [0.1, 0.15) is 0 Å². The van der Waals surface area contributed by atoms with Crippen LogP contribution in [0.4, 0.5) is 5.69 Å². The highest BCUT2D eigenvalue weighted by Gasteiger charge is 1.99. The fourth-order valence-electron chi connectivity index (χ4n) is 1.06. The lowest BCUT2D eigenvalue weighted by Crippen LogP contribution is -1.85. The molecule has 1 heterocycles. The molecule has 2 rings (SSSR count). The Hall–Kier alpha value is -1.06. The molecule has 0 atom stereocenters. The summed E-state index contributed by atoms with van der Waals surface area (Å²) in [5.74, 6) is 0. The summed E-state index contributed by atoms with van der Waals surface area (Å²) in [6.45, 7) is 0. The third-order valence-corrected chi connectivity index (χ3v) is 2.56. The molecule has 3 heteroatoms. The van der Waals surface area contributed by atoms with Gasteiger partial charge in [0.2, 0.25) is 0 Å². The fourth-order valence-corrected chi connectivity index (χ4v) is 1.95. The lowest BCUT2D eigenvalue weighted by Gasteiger charge is -1.93. The molecule has 0 amide bonds. The molecule has 0 aliphatic rings. The van der Waals surface area contributed by atoms with Crippen LogP contribution in [-0.4, -0.2) is 5.21 Å². The molecule has 2 N–H and O–H groups in total. The van der Waals surface area contributed by atoms with E-state index < -0.39 is 0 Å². The summed E-state index contributed by atoms with van der Waals surface area (Å²) in [5.41, 5.74) is 2.94. The van der Waals surface area contributed by atoms with Gasteiger partial charge in [-0.1, -0.05) is 18.2 Å². The molecule has 1 aromatic carbocycles. The Morgan fingerprint density at radius 2 is 2.09 bits per heavy atom. The minimum atomic E-state index is 0.783. The van der Waals surface area contributed by atoms with Crippen LogP contribution in [0, 0.1) is 0 Å². The van der Waals surface area contributed by atoms with Gasteiger partial charge in [0.1, 0.15) is 0 Å². The molecule has 2 aromatic rings. The number of fused-ring (bicyclic) bond motifs is 1. The van der Waals surface area contributed by atoms with Gasteiger partial charge in [0, 0.05) is 15.5 Å². The smallest absolute Gasteiger partial charge is 0.0787 e. The summed E-state index contributed by atoms with van der Waals surface area (Å²) in [4.78, 5) is 0. The van der Waals surface area contributed by atoms with Crippen molar-refractivity contribution in [3.05, 3.63) is 29.6 Å². The van der Waals surface area contributed by atoms with Crippen molar-refractivity contribution in [3.8, 4) is 0 Å². The molecule has 1 aromatic heterocycles. The summed E-state index contributed by atoms with van der Waals surface area (Å²) in [6, 6.07) is 7.95. The van der Waals surface area contributed by atoms with Crippen molar-refractivity contribution < 1.29 is 5.21 Å². The van der Waals surface area contributed by atoms with Gasteiger partial charge < -0.3 is 0 Å². The first-order valence-electron chi connectivity index (χ1n) is 3.28. The second-order valence-corrected chi connectivity index (χ2v) is 3.17. The minimum absolute atomic E-state index is 0.783. The quantitative estimate of drug-likeness (QED) is 0.637. The van der Waals surface area contributed by atoms with E-state index >= 15 is 0 Å². The van der Waals surface area contributed by atoms with Crippen molar-refractivity contribution >= 4 is 27.1 Å². The topological polar surface area (TPSA) is 32.3 Å². The van der Waals surface area contributed by atoms with Gasteiger partial charge in [-0.3, -0.25) is 10.7 Å². The van der Waals surface area contributed by atoms with E-state index in [-0.39, 0.29) is 0 Å². The summed E-state index contributed by atoms with van der Waals surface area (Å²) in [7, 11) is 0. The zero-order valence-electron chi connectivity index (χ0n) is 5.74. The van der Waals surface area contributed by atoms with Gasteiger partial charge in [-0.15, -0.1) is 11.3 Å². The van der Waals surface area contributed by atoms with Crippen LogP contribution in [0.15, 0.2) is 29.6 Å². The van der Waals surface area contributed by atoms with E-state index in [2.05, 4.69) is 5.48 Å². The van der Waals surface area contributed by atoms with Gasteiger partial charge >= 0.3 is 0 Å². The second-order valence-electron chi connectivity index (χ2n) is 2.26. The molecule has 0 radical (unpaired) electrons. The minimum Gasteiger partial charge on any atom is -0.291 e. The van der Waals surface area contributed by atoms with Gasteiger partial charge in [-0.25, -0.2) is 0 Å². The van der Waals surface area contributed by atoms with E-state index in [0.29, 0.717) is 0 Å². The maximum absolute atomic E-state index is 8.68. The Kier molecular flexibility index (Phi) is 1.52. The van der Waals surface area contributed by atoms with Crippen molar-refractivity contribution in [1.29, 1.82) is 0 Å². The van der Waals surface area contributed by atoms with Crippen LogP contribution >= 0.6 is 11.3 Å². The Morgan fingerprint density at radius 3 is 2.91 bits per heavy atom. The van der Waals surface area contributed by atoms with E-state index in [1.807, 2.05) is 29.6 Å². The number of anilines is 1. The molecular weight excluding hydrogens is 158 g/mol. The van der Waals surface area contributed by atoms with Crippen molar-refractivity contribution in [3.63, 3.8) is 0 Å². The molecule has 0 aliphatic carbocycles. The van der Waals surface area contributed by atoms with Gasteiger partial charge in [0.25, 0.3) is 0 Å². The standard InChI is InChI=1S/C8H7NOS/c10-9-7-5-11-8-4-2-1-3-6(7)8/h1-5,9-10H. The maximum Gasteiger partial charge on any atom is 0.0787 e. The van der Waals surface area contributed by atoms with Gasteiger partial charge in [0.15, 0.2) is 0 Å². The highest BCUT2D eigenvalue weighted by atomic mass is 32.1. The molecule has 0 saturated carbocycles. The monoisotopic (exact) mass is 165 g/mol. The normalized spacial score (nSPS) is 10.3. The highest BCUT2D eigenvalue weighted by Crippen LogP contribution is 2.28. The van der Waals surface area contributed by atoms with E-state index in [9.17, 15) is 0 Å². The van der Waals surface area contributed by atoms with E-state index in [4.69, 9.17) is 5.21 Å². The van der Waals surface area contributed by atoms with E-state index in [1.54, 1.807) is 11.3 Å². The number of nitrogens with one attached hydrogen (secondary N) is 1. The lowest BCUT2D eigenvalue weighted by molar-refractivity contribution is 0.390. The number of benzene rings is 1. The van der Waals surface area contributed by atoms with E-state index in [1.165, 1.54) is 4.70 Å². The largest absolute Gasteiger partial charge is 0.291 e. The second kappa shape index (κ2) is 2.53. The van der Waals surface area contributed by atoms with Crippen LogP contribution in [0.5, 0.6) is 0 Å². The fraction of sp³-hybridized carbons (Fsp3) is 0. The number of hydrogen-bond acceptors (Lipinski definition) is 3. The Bertz CT molecular complexity index is 369. The van der Waals surface area contributed by atoms with Crippen molar-refractivity contribution in [2.24, 2.45) is 0 Å². The predicted molar refractivity (Wildman–Crippen MR) is 47.2 cm³/mol.